The molecule has 0 radical (unpaired) electrons. The summed E-state index contributed by atoms with van der Waals surface area (Å²) in [7, 11) is 0. The van der Waals surface area contributed by atoms with Gasteiger partial charge in [0.25, 0.3) is 0 Å². The van der Waals surface area contributed by atoms with Crippen molar-refractivity contribution in [1.82, 2.24) is 5.32 Å². The topological polar surface area (TPSA) is 47.6 Å². The first kappa shape index (κ1) is 22.2. The molecule has 4 nitrogen and oxygen atoms in total. The van der Waals surface area contributed by atoms with Gasteiger partial charge in [-0.25, -0.2) is 0 Å². The monoisotopic (exact) mass is 401 g/mol. The summed E-state index contributed by atoms with van der Waals surface area (Å²) in [5.74, 6) is 3.48. The van der Waals surface area contributed by atoms with Crippen LogP contribution in [-0.2, 0) is 17.0 Å². The molecule has 152 valence electrons. The van der Waals surface area contributed by atoms with E-state index in [1.807, 2.05) is 43.8 Å². The molecule has 0 aliphatic rings. The lowest BCUT2D eigenvalue weighted by atomic mass is 10.1. The third-order valence-corrected chi connectivity index (χ3v) is 5.34. The normalized spacial score (nSPS) is 10.5. The van der Waals surface area contributed by atoms with Crippen LogP contribution in [0.5, 0.6) is 11.5 Å². The number of ether oxygens (including phenoxy) is 2. The number of carbonyl (C=O) groups excluding carboxylic acids is 1. The minimum Gasteiger partial charge on any atom is -0.490 e. The summed E-state index contributed by atoms with van der Waals surface area (Å²) in [6.07, 6.45) is 1.16. The predicted molar refractivity (Wildman–Crippen MR) is 117 cm³/mol. The zero-order chi connectivity index (χ0) is 20.2. The summed E-state index contributed by atoms with van der Waals surface area (Å²) in [5.41, 5.74) is 3.76. The minimum absolute atomic E-state index is 0.0864. The van der Waals surface area contributed by atoms with Gasteiger partial charge in [-0.15, -0.1) is 0 Å². The van der Waals surface area contributed by atoms with E-state index in [2.05, 4.69) is 36.5 Å². The molecule has 0 atom stereocenters. The largest absolute Gasteiger partial charge is 0.490 e. The Balaban J connectivity index is 1.69. The Morgan fingerprint density at radius 1 is 1.04 bits per heavy atom. The van der Waals surface area contributed by atoms with Crippen molar-refractivity contribution in [3.8, 4) is 11.5 Å². The number of amides is 1. The van der Waals surface area contributed by atoms with Crippen molar-refractivity contribution >= 4 is 17.7 Å². The molecular formula is C23H31NO3S. The number of nitrogens with one attached hydrogen (secondary N) is 1. The Bertz CT molecular complexity index is 748. The summed E-state index contributed by atoms with van der Waals surface area (Å²) in [4.78, 5) is 12.1. The van der Waals surface area contributed by atoms with Crippen molar-refractivity contribution in [2.24, 2.45) is 0 Å². The van der Waals surface area contributed by atoms with Gasteiger partial charge in [-0.2, -0.15) is 11.8 Å². The van der Waals surface area contributed by atoms with Crippen molar-refractivity contribution in [1.29, 1.82) is 0 Å². The molecule has 0 unspecified atom stereocenters. The summed E-state index contributed by atoms with van der Waals surface area (Å²) >= 11 is 1.85. The van der Waals surface area contributed by atoms with E-state index >= 15 is 0 Å². The molecule has 1 N–H and O–H groups in total. The Kier molecular flexibility index (Phi) is 9.77. The van der Waals surface area contributed by atoms with Crippen LogP contribution in [0, 0.1) is 6.92 Å². The maximum absolute atomic E-state index is 12.1. The van der Waals surface area contributed by atoms with E-state index in [0.29, 0.717) is 32.6 Å². The maximum Gasteiger partial charge on any atom is 0.220 e. The molecular weight excluding hydrogens is 370 g/mol. The standard InChI is InChI=1S/C23H31NO3S/c1-4-26-21-12-10-19(16-22(21)27-5-2)11-13-23(25)24-14-15-28-17-20-9-7-6-8-18(20)3/h6-10,12,16H,4-5,11,13-15,17H2,1-3H3,(H,24,25). The molecule has 2 aromatic rings. The van der Waals surface area contributed by atoms with Crippen molar-refractivity contribution in [3.63, 3.8) is 0 Å². The van der Waals surface area contributed by atoms with Crippen LogP contribution >= 0.6 is 11.8 Å². The third kappa shape index (κ3) is 7.47. The zero-order valence-corrected chi connectivity index (χ0v) is 17.9. The lowest BCUT2D eigenvalue weighted by Crippen LogP contribution is -2.25. The molecule has 2 aromatic carbocycles. The SMILES string of the molecule is CCOc1ccc(CCC(=O)NCCSCc2ccccc2C)cc1OCC. The fourth-order valence-corrected chi connectivity index (χ4v) is 3.75. The van der Waals surface area contributed by atoms with Crippen LogP contribution in [0.1, 0.15) is 37.0 Å². The molecule has 0 spiro atoms. The van der Waals surface area contributed by atoms with Gasteiger partial charge in [-0.3, -0.25) is 4.79 Å². The van der Waals surface area contributed by atoms with Crippen LogP contribution in [0.2, 0.25) is 0 Å². The summed E-state index contributed by atoms with van der Waals surface area (Å²) in [6, 6.07) is 14.3. The quantitative estimate of drug-likeness (QED) is 0.520. The van der Waals surface area contributed by atoms with Crippen LogP contribution in [-0.4, -0.2) is 31.4 Å². The van der Waals surface area contributed by atoms with E-state index in [0.717, 1.165) is 28.6 Å². The molecule has 0 saturated carbocycles. The predicted octanol–water partition coefficient (Wildman–Crippen LogP) is 4.77. The smallest absolute Gasteiger partial charge is 0.220 e. The van der Waals surface area contributed by atoms with Gasteiger partial charge in [0.15, 0.2) is 11.5 Å². The Morgan fingerprint density at radius 2 is 1.79 bits per heavy atom. The minimum atomic E-state index is 0.0864. The molecule has 28 heavy (non-hydrogen) atoms. The fraction of sp³-hybridized carbons (Fsp3) is 0.435. The zero-order valence-electron chi connectivity index (χ0n) is 17.1. The van der Waals surface area contributed by atoms with Gasteiger partial charge in [0, 0.05) is 24.5 Å². The maximum atomic E-state index is 12.1. The first-order valence-electron chi connectivity index (χ1n) is 9.91. The van der Waals surface area contributed by atoms with Crippen molar-refractivity contribution in [3.05, 3.63) is 59.2 Å². The summed E-state index contributed by atoms with van der Waals surface area (Å²) < 4.78 is 11.2. The Morgan fingerprint density at radius 3 is 2.54 bits per heavy atom. The number of benzene rings is 2. The van der Waals surface area contributed by atoms with Crippen molar-refractivity contribution in [2.45, 2.75) is 39.4 Å². The molecule has 0 aromatic heterocycles. The molecule has 0 aliphatic heterocycles. The van der Waals surface area contributed by atoms with E-state index in [9.17, 15) is 4.79 Å². The second-order valence-electron chi connectivity index (χ2n) is 6.48. The highest BCUT2D eigenvalue weighted by Gasteiger charge is 2.08. The summed E-state index contributed by atoms with van der Waals surface area (Å²) in [6.45, 7) is 7.92. The first-order chi connectivity index (χ1) is 13.6. The highest BCUT2D eigenvalue weighted by atomic mass is 32.2. The van der Waals surface area contributed by atoms with Crippen molar-refractivity contribution in [2.75, 3.05) is 25.5 Å². The molecule has 5 heteroatoms. The summed E-state index contributed by atoms with van der Waals surface area (Å²) in [5, 5.41) is 3.01. The van der Waals surface area contributed by atoms with Crippen LogP contribution in [0.4, 0.5) is 0 Å². The number of rotatable bonds is 12. The molecule has 0 aliphatic carbocycles. The molecule has 1 amide bonds. The molecule has 0 heterocycles. The van der Waals surface area contributed by atoms with Crippen molar-refractivity contribution < 1.29 is 14.3 Å². The molecule has 0 bridgehead atoms. The fourth-order valence-electron chi connectivity index (χ4n) is 2.81. The van der Waals surface area contributed by atoms with Gasteiger partial charge >= 0.3 is 0 Å². The second kappa shape index (κ2) is 12.3. The van der Waals surface area contributed by atoms with Crippen LogP contribution < -0.4 is 14.8 Å². The van der Waals surface area contributed by atoms with Crippen LogP contribution in [0.25, 0.3) is 0 Å². The van der Waals surface area contributed by atoms with Gasteiger partial charge < -0.3 is 14.8 Å². The highest BCUT2D eigenvalue weighted by molar-refractivity contribution is 7.98. The number of thioether (sulfide) groups is 1. The number of hydrogen-bond acceptors (Lipinski definition) is 4. The molecule has 0 fully saturated rings. The van der Waals surface area contributed by atoms with Crippen LogP contribution in [0.15, 0.2) is 42.5 Å². The van der Waals surface area contributed by atoms with Gasteiger partial charge in [0.1, 0.15) is 0 Å². The Labute approximate surface area is 173 Å². The number of aryl methyl sites for hydroxylation is 2. The molecule has 2 rings (SSSR count). The second-order valence-corrected chi connectivity index (χ2v) is 7.58. The van der Waals surface area contributed by atoms with Gasteiger partial charge in [-0.1, -0.05) is 30.3 Å². The van der Waals surface area contributed by atoms with E-state index < -0.39 is 0 Å². The lowest BCUT2D eigenvalue weighted by molar-refractivity contribution is -0.120. The number of hydrogen-bond donors (Lipinski definition) is 1. The highest BCUT2D eigenvalue weighted by Crippen LogP contribution is 2.29. The number of carbonyl (C=O) groups is 1. The van der Waals surface area contributed by atoms with E-state index in [4.69, 9.17) is 9.47 Å². The average molecular weight is 402 g/mol. The van der Waals surface area contributed by atoms with E-state index in [-0.39, 0.29) is 5.91 Å². The van der Waals surface area contributed by atoms with Gasteiger partial charge in [0.2, 0.25) is 5.91 Å². The molecule has 0 saturated heterocycles. The van der Waals surface area contributed by atoms with E-state index in [1.54, 1.807) is 0 Å². The Hall–Kier alpha value is -2.14. The van der Waals surface area contributed by atoms with E-state index in [1.165, 1.54) is 11.1 Å². The lowest BCUT2D eigenvalue weighted by Gasteiger charge is -2.12. The van der Waals surface area contributed by atoms with Crippen LogP contribution in [0.3, 0.4) is 0 Å². The van der Waals surface area contributed by atoms with Gasteiger partial charge in [-0.05, 0) is 56.0 Å². The first-order valence-corrected chi connectivity index (χ1v) is 11.1. The van der Waals surface area contributed by atoms with Gasteiger partial charge in [0.05, 0.1) is 13.2 Å². The third-order valence-electron chi connectivity index (χ3n) is 4.34. The average Bonchev–Trinajstić information content (AvgIpc) is 2.69.